The summed E-state index contributed by atoms with van der Waals surface area (Å²) in [6.07, 6.45) is 3.03. The fraction of sp³-hybridized carbons (Fsp3) is 0.467. The first-order valence-corrected chi connectivity index (χ1v) is 6.94. The molecule has 0 unspecified atom stereocenters. The van der Waals surface area contributed by atoms with Crippen molar-refractivity contribution in [3.8, 4) is 0 Å². The molecular weight excluding hydrogens is 256 g/mol. The van der Waals surface area contributed by atoms with Gasteiger partial charge in [0.2, 0.25) is 0 Å². The molecule has 0 atom stereocenters. The quantitative estimate of drug-likeness (QED) is 0.868. The highest BCUT2D eigenvalue weighted by atomic mass is 16.4. The van der Waals surface area contributed by atoms with Crippen molar-refractivity contribution in [3.05, 3.63) is 29.3 Å². The predicted molar refractivity (Wildman–Crippen MR) is 77.2 cm³/mol. The van der Waals surface area contributed by atoms with Crippen molar-refractivity contribution in [2.45, 2.75) is 39.2 Å². The van der Waals surface area contributed by atoms with Crippen LogP contribution in [0.25, 0.3) is 0 Å². The lowest BCUT2D eigenvalue weighted by atomic mass is 10.1. The number of aryl methyl sites for hydroxylation is 1. The van der Waals surface area contributed by atoms with Gasteiger partial charge in [-0.1, -0.05) is 13.0 Å². The van der Waals surface area contributed by atoms with Crippen molar-refractivity contribution in [3.63, 3.8) is 0 Å². The normalized spacial score (nSPS) is 13.9. The van der Waals surface area contributed by atoms with Gasteiger partial charge in [0, 0.05) is 18.3 Å². The van der Waals surface area contributed by atoms with Crippen molar-refractivity contribution in [2.75, 3.05) is 11.9 Å². The molecule has 2 amide bonds. The molecule has 1 aromatic rings. The van der Waals surface area contributed by atoms with Gasteiger partial charge in [-0.3, -0.25) is 0 Å². The Morgan fingerprint density at radius 2 is 2.10 bits per heavy atom. The number of urea groups is 1. The number of anilines is 1. The minimum absolute atomic E-state index is 0.139. The smallest absolute Gasteiger partial charge is 0.335 e. The van der Waals surface area contributed by atoms with E-state index in [9.17, 15) is 9.59 Å². The Hall–Kier alpha value is -2.04. The first-order chi connectivity index (χ1) is 9.52. The Kier molecular flexibility index (Phi) is 4.27. The second kappa shape index (κ2) is 5.94. The Labute approximate surface area is 118 Å². The van der Waals surface area contributed by atoms with Crippen molar-refractivity contribution in [2.24, 2.45) is 0 Å². The van der Waals surface area contributed by atoms with Crippen molar-refractivity contribution >= 4 is 17.7 Å². The van der Waals surface area contributed by atoms with Crippen LogP contribution in [0.15, 0.2) is 18.2 Å². The van der Waals surface area contributed by atoms with Crippen LogP contribution in [-0.4, -0.2) is 34.6 Å². The molecule has 1 aromatic carbocycles. The predicted octanol–water partition coefficient (Wildman–Crippen LogP) is 3.10. The molecule has 5 heteroatoms. The Balaban J connectivity index is 2.13. The number of amides is 2. The van der Waals surface area contributed by atoms with Crippen LogP contribution in [-0.2, 0) is 0 Å². The van der Waals surface area contributed by atoms with Gasteiger partial charge in [-0.05, 0) is 43.9 Å². The molecule has 1 saturated carbocycles. The topological polar surface area (TPSA) is 69.6 Å². The molecule has 0 radical (unpaired) electrons. The summed E-state index contributed by atoms with van der Waals surface area (Å²) in [6.45, 7) is 4.62. The number of carboxylic acids is 1. The summed E-state index contributed by atoms with van der Waals surface area (Å²) in [5.74, 6) is -0.992. The molecule has 2 rings (SSSR count). The number of carboxylic acid groups (broad SMARTS) is 1. The van der Waals surface area contributed by atoms with E-state index >= 15 is 0 Å². The van der Waals surface area contributed by atoms with E-state index in [1.165, 1.54) is 12.1 Å². The van der Waals surface area contributed by atoms with E-state index in [1.54, 1.807) is 6.07 Å². The third-order valence-electron chi connectivity index (χ3n) is 3.44. The van der Waals surface area contributed by atoms with Gasteiger partial charge in [-0.15, -0.1) is 0 Å². The number of nitrogens with zero attached hydrogens (tertiary/aromatic N) is 1. The maximum absolute atomic E-state index is 12.3. The molecule has 108 valence electrons. The van der Waals surface area contributed by atoms with Crippen LogP contribution in [0.4, 0.5) is 10.5 Å². The first-order valence-electron chi connectivity index (χ1n) is 6.94. The van der Waals surface area contributed by atoms with Crippen molar-refractivity contribution in [1.82, 2.24) is 4.90 Å². The third-order valence-corrected chi connectivity index (χ3v) is 3.44. The minimum atomic E-state index is -0.992. The molecule has 0 heterocycles. The van der Waals surface area contributed by atoms with Crippen LogP contribution >= 0.6 is 0 Å². The van der Waals surface area contributed by atoms with Gasteiger partial charge in [0.25, 0.3) is 0 Å². The highest BCUT2D eigenvalue weighted by Gasteiger charge is 2.32. The molecule has 0 spiro atoms. The molecule has 2 N–H and O–H groups in total. The number of aromatic carboxylic acids is 1. The van der Waals surface area contributed by atoms with E-state index < -0.39 is 5.97 Å². The monoisotopic (exact) mass is 276 g/mol. The van der Waals surface area contributed by atoms with Crippen molar-refractivity contribution in [1.29, 1.82) is 0 Å². The highest BCUT2D eigenvalue weighted by Crippen LogP contribution is 2.28. The van der Waals surface area contributed by atoms with Gasteiger partial charge in [0.1, 0.15) is 0 Å². The SMILES string of the molecule is CCCN(C(=O)Nc1cc(C(=O)O)ccc1C)C1CC1. The second-order valence-corrected chi connectivity index (χ2v) is 5.19. The Morgan fingerprint density at radius 3 is 2.65 bits per heavy atom. The second-order valence-electron chi connectivity index (χ2n) is 5.19. The van der Waals surface area contributed by atoms with Crippen LogP contribution in [0.3, 0.4) is 0 Å². The number of hydrogen-bond donors (Lipinski definition) is 2. The van der Waals surface area contributed by atoms with Gasteiger partial charge < -0.3 is 15.3 Å². The van der Waals surface area contributed by atoms with Crippen molar-refractivity contribution < 1.29 is 14.7 Å². The van der Waals surface area contributed by atoms with E-state index in [0.29, 0.717) is 11.7 Å². The standard InChI is InChI=1S/C15H20N2O3/c1-3-8-17(12-6-7-12)15(20)16-13-9-11(14(18)19)5-4-10(13)2/h4-5,9,12H,3,6-8H2,1-2H3,(H,16,20)(H,18,19). The number of nitrogens with one attached hydrogen (secondary N) is 1. The molecule has 0 saturated heterocycles. The summed E-state index contributed by atoms with van der Waals surface area (Å²) in [4.78, 5) is 25.1. The minimum Gasteiger partial charge on any atom is -0.478 e. The zero-order valence-electron chi connectivity index (χ0n) is 11.8. The summed E-state index contributed by atoms with van der Waals surface area (Å²) in [6, 6.07) is 4.96. The fourth-order valence-electron chi connectivity index (χ4n) is 2.15. The van der Waals surface area contributed by atoms with Crippen LogP contribution in [0.5, 0.6) is 0 Å². The van der Waals surface area contributed by atoms with E-state index in [1.807, 2.05) is 18.7 Å². The molecule has 0 bridgehead atoms. The van der Waals surface area contributed by atoms with Gasteiger partial charge >= 0.3 is 12.0 Å². The summed E-state index contributed by atoms with van der Waals surface area (Å²) in [5.41, 5.74) is 1.60. The Bertz CT molecular complexity index is 524. The fourth-order valence-corrected chi connectivity index (χ4v) is 2.15. The zero-order valence-corrected chi connectivity index (χ0v) is 11.8. The van der Waals surface area contributed by atoms with Crippen LogP contribution in [0.2, 0.25) is 0 Å². The molecule has 1 aliphatic carbocycles. The summed E-state index contributed by atoms with van der Waals surface area (Å²) in [7, 11) is 0. The molecule has 0 aromatic heterocycles. The number of hydrogen-bond acceptors (Lipinski definition) is 2. The Morgan fingerprint density at radius 1 is 1.40 bits per heavy atom. The molecule has 1 fully saturated rings. The van der Waals surface area contributed by atoms with E-state index in [-0.39, 0.29) is 11.6 Å². The molecular formula is C15H20N2O3. The van der Waals surface area contributed by atoms with Gasteiger partial charge in [0.05, 0.1) is 5.56 Å². The average molecular weight is 276 g/mol. The van der Waals surface area contributed by atoms with E-state index in [4.69, 9.17) is 5.11 Å². The lowest BCUT2D eigenvalue weighted by Crippen LogP contribution is -2.37. The lowest BCUT2D eigenvalue weighted by molar-refractivity contribution is 0.0697. The maximum atomic E-state index is 12.3. The number of rotatable bonds is 5. The zero-order chi connectivity index (χ0) is 14.7. The van der Waals surface area contributed by atoms with E-state index in [0.717, 1.165) is 31.4 Å². The van der Waals surface area contributed by atoms with Gasteiger partial charge in [-0.25, -0.2) is 9.59 Å². The molecule has 1 aliphatic rings. The number of carbonyl (C=O) groups excluding carboxylic acids is 1. The maximum Gasteiger partial charge on any atom is 0.335 e. The average Bonchev–Trinajstić information content (AvgIpc) is 3.22. The lowest BCUT2D eigenvalue weighted by Gasteiger charge is -2.22. The van der Waals surface area contributed by atoms with Gasteiger partial charge in [0.15, 0.2) is 0 Å². The summed E-state index contributed by atoms with van der Waals surface area (Å²) in [5, 5.41) is 11.8. The molecule has 0 aliphatic heterocycles. The third kappa shape index (κ3) is 3.29. The number of benzene rings is 1. The van der Waals surface area contributed by atoms with Crippen LogP contribution < -0.4 is 5.32 Å². The summed E-state index contributed by atoms with van der Waals surface area (Å²) < 4.78 is 0. The van der Waals surface area contributed by atoms with Gasteiger partial charge in [-0.2, -0.15) is 0 Å². The molecule has 20 heavy (non-hydrogen) atoms. The number of carbonyl (C=O) groups is 2. The highest BCUT2D eigenvalue weighted by molar-refractivity contribution is 5.94. The molecule has 5 nitrogen and oxygen atoms in total. The van der Waals surface area contributed by atoms with E-state index in [2.05, 4.69) is 5.32 Å². The largest absolute Gasteiger partial charge is 0.478 e. The summed E-state index contributed by atoms with van der Waals surface area (Å²) >= 11 is 0. The first kappa shape index (κ1) is 14.4. The van der Waals surface area contributed by atoms with Crippen LogP contribution in [0.1, 0.15) is 42.1 Å². The van der Waals surface area contributed by atoms with Crippen LogP contribution in [0, 0.1) is 6.92 Å².